The Morgan fingerprint density at radius 1 is 0.933 bits per heavy atom. The Kier molecular flexibility index (Phi) is 7.16. The van der Waals surface area contributed by atoms with E-state index in [2.05, 4.69) is 21.0 Å². The van der Waals surface area contributed by atoms with Gasteiger partial charge in [-0.3, -0.25) is 10.2 Å². The molecule has 7 nitrogen and oxygen atoms in total. The lowest BCUT2D eigenvalue weighted by atomic mass is 10.0. The van der Waals surface area contributed by atoms with E-state index in [1.165, 1.54) is 0 Å². The number of ether oxygens (including phenoxy) is 1. The number of hydrazone groups is 1. The molecule has 0 saturated heterocycles. The molecule has 0 aromatic heterocycles. The van der Waals surface area contributed by atoms with Crippen LogP contribution >= 0.6 is 0 Å². The maximum atomic E-state index is 12.8. The molecule has 0 spiro atoms. The molecule has 30 heavy (non-hydrogen) atoms. The average Bonchev–Trinajstić information content (AvgIpc) is 2.79. The first-order valence-electron chi connectivity index (χ1n) is 9.29. The van der Waals surface area contributed by atoms with Crippen molar-refractivity contribution in [1.29, 1.82) is 0 Å². The van der Waals surface area contributed by atoms with E-state index < -0.39 is 5.91 Å². The summed E-state index contributed by atoms with van der Waals surface area (Å²) < 4.78 is 5.26. The fourth-order valence-electron chi connectivity index (χ4n) is 2.74. The van der Waals surface area contributed by atoms with Crippen molar-refractivity contribution in [2.45, 2.75) is 6.42 Å². The van der Waals surface area contributed by atoms with Gasteiger partial charge in [-0.25, -0.2) is 0 Å². The summed E-state index contributed by atoms with van der Waals surface area (Å²) in [4.78, 5) is 12.8. The third kappa shape index (κ3) is 5.68. The number of nitrogens with zero attached hydrogens (tertiary/aromatic N) is 2. The predicted octanol–water partition coefficient (Wildman–Crippen LogP) is 4.17. The number of benzene rings is 3. The molecule has 0 heterocycles. The van der Waals surface area contributed by atoms with E-state index in [9.17, 15) is 10.0 Å². The van der Waals surface area contributed by atoms with E-state index in [0.717, 1.165) is 11.3 Å². The third-order valence-electron chi connectivity index (χ3n) is 4.22. The molecule has 3 aromatic rings. The van der Waals surface area contributed by atoms with E-state index in [4.69, 9.17) is 4.74 Å². The monoisotopic (exact) mass is 402 g/mol. The van der Waals surface area contributed by atoms with Gasteiger partial charge in [-0.15, -0.1) is 0 Å². The number of anilines is 2. The molecule has 0 aliphatic rings. The Labute approximate surface area is 174 Å². The second kappa shape index (κ2) is 10.4. The molecular formula is C23H22N4O3. The topological polar surface area (TPSA) is 95.3 Å². The maximum Gasteiger partial charge on any atom is 0.279 e. The molecule has 0 atom stereocenters. The summed E-state index contributed by atoms with van der Waals surface area (Å²) in [6.45, 7) is 0. The zero-order valence-corrected chi connectivity index (χ0v) is 16.4. The Bertz CT molecular complexity index is 1030. The van der Waals surface area contributed by atoms with Crippen molar-refractivity contribution in [1.82, 2.24) is 0 Å². The van der Waals surface area contributed by atoms with Crippen molar-refractivity contribution in [3.63, 3.8) is 0 Å². The average molecular weight is 402 g/mol. The first kappa shape index (κ1) is 20.6. The zero-order valence-electron chi connectivity index (χ0n) is 16.4. The van der Waals surface area contributed by atoms with Gasteiger partial charge in [-0.05, 0) is 42.0 Å². The van der Waals surface area contributed by atoms with Gasteiger partial charge in [0.15, 0.2) is 5.71 Å². The summed E-state index contributed by atoms with van der Waals surface area (Å²) in [6, 6.07) is 25.6. The van der Waals surface area contributed by atoms with Crippen LogP contribution in [0.4, 0.5) is 11.4 Å². The van der Waals surface area contributed by atoms with Crippen molar-refractivity contribution in [3.8, 4) is 5.75 Å². The molecule has 0 bridgehead atoms. The standard InChI is InChI=1S/C23H22N4O3/c1-30-20-14-8-9-17(15-20)16-21(26-25-19-12-6-3-7-13-19)22(27-29)23(28)24-18-10-4-2-5-11-18/h2-15,25,29H,16H2,1H3,(H,24,28)/b26-21+,27-22-. The lowest BCUT2D eigenvalue weighted by Crippen LogP contribution is -2.32. The third-order valence-corrected chi connectivity index (χ3v) is 4.22. The number of para-hydroxylation sites is 2. The second-order valence-corrected chi connectivity index (χ2v) is 6.33. The van der Waals surface area contributed by atoms with Gasteiger partial charge in [-0.2, -0.15) is 5.10 Å². The SMILES string of the molecule is COc1cccc(CC(=N\Nc2ccccc2)/C(=N/O)C(=O)Nc2ccccc2)c1. The van der Waals surface area contributed by atoms with E-state index in [-0.39, 0.29) is 17.8 Å². The van der Waals surface area contributed by atoms with Crippen molar-refractivity contribution >= 4 is 28.7 Å². The zero-order chi connectivity index (χ0) is 21.2. The number of nitrogens with one attached hydrogen (secondary N) is 2. The van der Waals surface area contributed by atoms with Gasteiger partial charge in [0.05, 0.1) is 18.5 Å². The summed E-state index contributed by atoms with van der Waals surface area (Å²) in [5.74, 6) is 0.110. The molecule has 0 aliphatic heterocycles. The van der Waals surface area contributed by atoms with E-state index in [1.54, 1.807) is 31.4 Å². The number of rotatable bonds is 8. The molecule has 3 N–H and O–H groups in total. The molecule has 0 fully saturated rings. The summed E-state index contributed by atoms with van der Waals surface area (Å²) in [7, 11) is 1.58. The second-order valence-electron chi connectivity index (χ2n) is 6.33. The van der Waals surface area contributed by atoms with Gasteiger partial charge in [-0.1, -0.05) is 53.7 Å². The smallest absolute Gasteiger partial charge is 0.279 e. The number of carbonyl (C=O) groups is 1. The molecule has 0 unspecified atom stereocenters. The summed E-state index contributed by atoms with van der Waals surface area (Å²) in [5, 5.41) is 19.9. The van der Waals surface area contributed by atoms with Crippen LogP contribution in [-0.4, -0.2) is 29.6 Å². The first-order chi connectivity index (χ1) is 14.7. The van der Waals surface area contributed by atoms with Crippen molar-refractivity contribution in [2.75, 3.05) is 17.9 Å². The Morgan fingerprint density at radius 2 is 1.60 bits per heavy atom. The van der Waals surface area contributed by atoms with Crippen LogP contribution in [0.2, 0.25) is 0 Å². The minimum Gasteiger partial charge on any atom is -0.497 e. The van der Waals surface area contributed by atoms with Gasteiger partial charge >= 0.3 is 0 Å². The van der Waals surface area contributed by atoms with Crippen LogP contribution in [0.1, 0.15) is 5.56 Å². The fourth-order valence-corrected chi connectivity index (χ4v) is 2.74. The van der Waals surface area contributed by atoms with Gasteiger partial charge < -0.3 is 15.3 Å². The van der Waals surface area contributed by atoms with Gasteiger partial charge in [0.1, 0.15) is 5.75 Å². The highest BCUT2D eigenvalue weighted by atomic mass is 16.5. The number of amides is 1. The normalized spacial score (nSPS) is 11.6. The lowest BCUT2D eigenvalue weighted by molar-refractivity contribution is -0.110. The van der Waals surface area contributed by atoms with E-state index >= 15 is 0 Å². The van der Waals surface area contributed by atoms with Crippen LogP contribution in [0.3, 0.4) is 0 Å². The quantitative estimate of drug-likeness (QED) is 0.299. The van der Waals surface area contributed by atoms with Crippen molar-refractivity contribution in [2.24, 2.45) is 10.3 Å². The highest BCUT2D eigenvalue weighted by molar-refractivity contribution is 6.69. The van der Waals surface area contributed by atoms with Crippen molar-refractivity contribution in [3.05, 3.63) is 90.5 Å². The maximum absolute atomic E-state index is 12.8. The van der Waals surface area contributed by atoms with Gasteiger partial charge in [0.25, 0.3) is 5.91 Å². The summed E-state index contributed by atoms with van der Waals surface area (Å²) >= 11 is 0. The molecule has 3 rings (SSSR count). The van der Waals surface area contributed by atoms with Crippen LogP contribution in [0.15, 0.2) is 95.2 Å². The molecule has 0 aliphatic carbocycles. The number of hydrogen-bond donors (Lipinski definition) is 3. The lowest BCUT2D eigenvalue weighted by Gasteiger charge is -2.11. The molecule has 7 heteroatoms. The molecule has 1 amide bonds. The predicted molar refractivity (Wildman–Crippen MR) is 118 cm³/mol. The molecular weight excluding hydrogens is 380 g/mol. The Balaban J connectivity index is 1.88. The minimum atomic E-state index is -0.569. The molecule has 3 aromatic carbocycles. The largest absolute Gasteiger partial charge is 0.497 e. The Morgan fingerprint density at radius 3 is 2.23 bits per heavy atom. The highest BCUT2D eigenvalue weighted by Crippen LogP contribution is 2.15. The molecule has 0 radical (unpaired) electrons. The number of methoxy groups -OCH3 is 1. The fraction of sp³-hybridized carbons (Fsp3) is 0.0870. The number of oxime groups is 1. The van der Waals surface area contributed by atoms with Gasteiger partial charge in [0, 0.05) is 12.1 Å². The summed E-state index contributed by atoms with van der Waals surface area (Å²) in [6.07, 6.45) is 0.249. The minimum absolute atomic E-state index is 0.190. The number of carbonyl (C=O) groups excluding carboxylic acids is 1. The molecule has 0 saturated carbocycles. The van der Waals surface area contributed by atoms with Crippen LogP contribution in [-0.2, 0) is 11.2 Å². The number of hydrogen-bond acceptors (Lipinski definition) is 6. The van der Waals surface area contributed by atoms with Crippen LogP contribution in [0, 0.1) is 0 Å². The van der Waals surface area contributed by atoms with Crippen molar-refractivity contribution < 1.29 is 14.7 Å². The van der Waals surface area contributed by atoms with Gasteiger partial charge in [0.2, 0.25) is 0 Å². The Hall–Kier alpha value is -4.13. The summed E-state index contributed by atoms with van der Waals surface area (Å²) in [5.41, 5.74) is 5.15. The first-order valence-corrected chi connectivity index (χ1v) is 9.29. The van der Waals surface area contributed by atoms with E-state index in [0.29, 0.717) is 11.4 Å². The molecule has 152 valence electrons. The van der Waals surface area contributed by atoms with Crippen LogP contribution in [0.5, 0.6) is 5.75 Å². The van der Waals surface area contributed by atoms with E-state index in [1.807, 2.05) is 60.7 Å². The van der Waals surface area contributed by atoms with Crippen LogP contribution in [0.25, 0.3) is 0 Å². The highest BCUT2D eigenvalue weighted by Gasteiger charge is 2.20. The van der Waals surface area contributed by atoms with Crippen LogP contribution < -0.4 is 15.5 Å².